The van der Waals surface area contributed by atoms with Crippen LogP contribution in [-0.4, -0.2) is 77.2 Å². The van der Waals surface area contributed by atoms with E-state index in [0.717, 1.165) is 19.3 Å². The molecule has 0 unspecified atom stereocenters. The number of ether oxygens (including phenoxy) is 1. The smallest absolute Gasteiger partial charge is 0.408 e. The minimum atomic E-state index is -0.824. The normalized spacial score (nSPS) is 27.9. The third-order valence-corrected chi connectivity index (χ3v) is 7.35. The zero-order valence-corrected chi connectivity index (χ0v) is 21.6. The molecular weight excluding hydrogens is 452 g/mol. The van der Waals surface area contributed by atoms with Gasteiger partial charge in [0.1, 0.15) is 17.7 Å². The summed E-state index contributed by atoms with van der Waals surface area (Å²) in [5, 5.41) is 18.3. The monoisotopic (exact) mass is 494 g/mol. The van der Waals surface area contributed by atoms with Gasteiger partial charge in [0.25, 0.3) is 0 Å². The lowest BCUT2D eigenvalue weighted by molar-refractivity contribution is -0.142. The number of carbonyl (C=O) groups excluding carboxylic acids is 4. The number of amides is 4. The summed E-state index contributed by atoms with van der Waals surface area (Å²) < 4.78 is 5.36. The van der Waals surface area contributed by atoms with Gasteiger partial charge in [0, 0.05) is 19.0 Å². The van der Waals surface area contributed by atoms with E-state index < -0.39 is 29.8 Å². The molecule has 2 saturated heterocycles. The molecule has 4 amide bonds. The van der Waals surface area contributed by atoms with Crippen molar-refractivity contribution in [3.63, 3.8) is 0 Å². The van der Waals surface area contributed by atoms with Gasteiger partial charge in [0.05, 0.1) is 12.6 Å². The molecule has 2 heterocycles. The fourth-order valence-electron chi connectivity index (χ4n) is 5.67. The molecule has 3 rings (SSSR count). The van der Waals surface area contributed by atoms with Gasteiger partial charge in [-0.2, -0.15) is 0 Å². The highest BCUT2D eigenvalue weighted by molar-refractivity contribution is 5.92. The summed E-state index contributed by atoms with van der Waals surface area (Å²) in [6.07, 6.45) is 3.19. The predicted molar refractivity (Wildman–Crippen MR) is 129 cm³/mol. The van der Waals surface area contributed by atoms with Gasteiger partial charge in [-0.25, -0.2) is 4.79 Å². The SMILES string of the molecule is CC(C)[C@H](NC(=O)OC(C)(C)C)C(=O)N1C[C@@H]2CCC[C@@H]2[C@H]1C(=O)N[C@H](CO)C[C@@H]1CCNC1=O. The van der Waals surface area contributed by atoms with Gasteiger partial charge in [-0.1, -0.05) is 20.3 Å². The number of fused-ring (bicyclic) bond motifs is 1. The third-order valence-electron chi connectivity index (χ3n) is 7.35. The van der Waals surface area contributed by atoms with Crippen LogP contribution in [0.5, 0.6) is 0 Å². The van der Waals surface area contributed by atoms with Crippen molar-refractivity contribution < 1.29 is 29.0 Å². The molecule has 3 aliphatic rings. The van der Waals surface area contributed by atoms with Gasteiger partial charge in [0.2, 0.25) is 17.7 Å². The zero-order chi connectivity index (χ0) is 25.9. The molecule has 0 spiro atoms. The van der Waals surface area contributed by atoms with Crippen LogP contribution >= 0.6 is 0 Å². The summed E-state index contributed by atoms with van der Waals surface area (Å²) in [7, 11) is 0. The van der Waals surface area contributed by atoms with Crippen molar-refractivity contribution in [1.82, 2.24) is 20.9 Å². The standard InChI is InChI=1S/C25H42N4O6/c1-14(2)19(28-24(34)35-25(3,4)5)23(33)29-12-16-7-6-8-18(16)20(29)22(32)27-17(13-30)11-15-9-10-26-21(15)31/h14-20,30H,6-13H2,1-5H3,(H,26,31)(H,27,32)(H,28,34)/t15-,16-,17-,18-,19-,20-/m0/s1. The minimum Gasteiger partial charge on any atom is -0.444 e. The molecule has 198 valence electrons. The van der Waals surface area contributed by atoms with E-state index in [2.05, 4.69) is 16.0 Å². The molecule has 3 fully saturated rings. The maximum absolute atomic E-state index is 13.7. The number of carbonyl (C=O) groups is 4. The number of rotatable bonds is 8. The maximum atomic E-state index is 13.7. The number of nitrogens with one attached hydrogen (secondary N) is 3. The van der Waals surface area contributed by atoms with Crippen LogP contribution in [0, 0.1) is 23.7 Å². The van der Waals surface area contributed by atoms with Crippen LogP contribution in [-0.2, 0) is 19.1 Å². The Morgan fingerprint density at radius 1 is 1.17 bits per heavy atom. The summed E-state index contributed by atoms with van der Waals surface area (Å²) in [6.45, 7) is 9.76. The van der Waals surface area contributed by atoms with Crippen LogP contribution in [0.2, 0.25) is 0 Å². The minimum absolute atomic E-state index is 0.0439. The van der Waals surface area contributed by atoms with Crippen molar-refractivity contribution >= 4 is 23.8 Å². The molecule has 4 N–H and O–H groups in total. The van der Waals surface area contributed by atoms with Gasteiger partial charge in [-0.05, 0) is 64.2 Å². The van der Waals surface area contributed by atoms with Gasteiger partial charge < -0.3 is 30.7 Å². The molecule has 1 aliphatic carbocycles. The molecular formula is C25H42N4O6. The van der Waals surface area contributed by atoms with Gasteiger partial charge >= 0.3 is 6.09 Å². The molecule has 0 radical (unpaired) electrons. The second kappa shape index (κ2) is 11.1. The number of likely N-dealkylation sites (tertiary alicyclic amines) is 1. The average molecular weight is 495 g/mol. The average Bonchev–Trinajstić information content (AvgIpc) is 3.45. The number of aliphatic hydroxyl groups is 1. The van der Waals surface area contributed by atoms with Gasteiger partial charge in [0.15, 0.2) is 0 Å². The highest BCUT2D eigenvalue weighted by Crippen LogP contribution is 2.42. The Morgan fingerprint density at radius 3 is 2.46 bits per heavy atom. The lowest BCUT2D eigenvalue weighted by Gasteiger charge is -2.33. The number of hydrogen-bond donors (Lipinski definition) is 4. The van der Waals surface area contributed by atoms with Crippen molar-refractivity contribution in [1.29, 1.82) is 0 Å². The summed E-state index contributed by atoms with van der Waals surface area (Å²) in [5.41, 5.74) is -0.697. The van der Waals surface area contributed by atoms with Crippen molar-refractivity contribution in [3.8, 4) is 0 Å². The third kappa shape index (κ3) is 6.65. The van der Waals surface area contributed by atoms with Crippen molar-refractivity contribution in [2.75, 3.05) is 19.7 Å². The van der Waals surface area contributed by atoms with Crippen LogP contribution in [0.25, 0.3) is 0 Å². The van der Waals surface area contributed by atoms with E-state index in [4.69, 9.17) is 4.74 Å². The fourth-order valence-corrected chi connectivity index (χ4v) is 5.67. The fraction of sp³-hybridized carbons (Fsp3) is 0.840. The molecule has 1 saturated carbocycles. The second-order valence-electron chi connectivity index (χ2n) is 11.6. The summed E-state index contributed by atoms with van der Waals surface area (Å²) in [6, 6.07) is -2.05. The molecule has 0 aromatic heterocycles. The molecule has 6 atom stereocenters. The lowest BCUT2D eigenvalue weighted by atomic mass is 9.92. The predicted octanol–water partition coefficient (Wildman–Crippen LogP) is 1.17. The highest BCUT2D eigenvalue weighted by Gasteiger charge is 2.51. The van der Waals surface area contributed by atoms with Crippen LogP contribution in [0.15, 0.2) is 0 Å². The Hall–Kier alpha value is -2.36. The first-order chi connectivity index (χ1) is 16.4. The van der Waals surface area contributed by atoms with Gasteiger partial charge in [-0.15, -0.1) is 0 Å². The van der Waals surface area contributed by atoms with E-state index >= 15 is 0 Å². The lowest BCUT2D eigenvalue weighted by Crippen LogP contribution is -2.57. The van der Waals surface area contributed by atoms with Crippen LogP contribution in [0.1, 0.15) is 66.7 Å². The first-order valence-corrected chi connectivity index (χ1v) is 12.9. The summed E-state index contributed by atoms with van der Waals surface area (Å²) in [4.78, 5) is 53.2. The van der Waals surface area contributed by atoms with Crippen molar-refractivity contribution in [3.05, 3.63) is 0 Å². The Bertz CT molecular complexity index is 810. The van der Waals surface area contributed by atoms with Crippen LogP contribution in [0.3, 0.4) is 0 Å². The van der Waals surface area contributed by atoms with E-state index in [1.807, 2.05) is 13.8 Å². The van der Waals surface area contributed by atoms with E-state index in [-0.39, 0.29) is 48.0 Å². The van der Waals surface area contributed by atoms with E-state index in [1.165, 1.54) is 0 Å². The Morgan fingerprint density at radius 2 is 1.89 bits per heavy atom. The van der Waals surface area contributed by atoms with Gasteiger partial charge in [-0.3, -0.25) is 14.4 Å². The first kappa shape index (κ1) is 27.2. The van der Waals surface area contributed by atoms with E-state index in [0.29, 0.717) is 25.9 Å². The quantitative estimate of drug-likeness (QED) is 0.400. The molecule has 0 aromatic rings. The Labute approximate surface area is 207 Å². The Kier molecular flexibility index (Phi) is 8.67. The molecule has 2 aliphatic heterocycles. The topological polar surface area (TPSA) is 137 Å². The van der Waals surface area contributed by atoms with E-state index in [9.17, 15) is 24.3 Å². The van der Waals surface area contributed by atoms with E-state index in [1.54, 1.807) is 25.7 Å². The maximum Gasteiger partial charge on any atom is 0.408 e. The van der Waals surface area contributed by atoms with Crippen molar-refractivity contribution in [2.24, 2.45) is 23.7 Å². The Balaban J connectivity index is 1.74. The van der Waals surface area contributed by atoms with Crippen LogP contribution in [0.4, 0.5) is 4.79 Å². The molecule has 10 heteroatoms. The molecule has 0 bridgehead atoms. The molecule has 0 aromatic carbocycles. The molecule has 35 heavy (non-hydrogen) atoms. The second-order valence-corrected chi connectivity index (χ2v) is 11.6. The largest absolute Gasteiger partial charge is 0.444 e. The number of hydrogen-bond acceptors (Lipinski definition) is 6. The number of aliphatic hydroxyl groups excluding tert-OH is 1. The highest BCUT2D eigenvalue weighted by atomic mass is 16.6. The molecule has 10 nitrogen and oxygen atoms in total. The first-order valence-electron chi connectivity index (χ1n) is 12.9. The zero-order valence-electron chi connectivity index (χ0n) is 21.6. The van der Waals surface area contributed by atoms with Crippen LogP contribution < -0.4 is 16.0 Å². The summed E-state index contributed by atoms with van der Waals surface area (Å²) in [5.74, 6) is -0.818. The number of alkyl carbamates (subject to hydrolysis) is 1. The summed E-state index contributed by atoms with van der Waals surface area (Å²) >= 11 is 0. The number of nitrogens with zero attached hydrogens (tertiary/aromatic N) is 1. The van der Waals surface area contributed by atoms with Crippen molar-refractivity contribution in [2.45, 2.75) is 90.4 Å².